The molecule has 1 aliphatic rings. The molecule has 2 aromatic rings. The predicted molar refractivity (Wildman–Crippen MR) is 80.5 cm³/mol. The minimum atomic E-state index is -0.190. The van der Waals surface area contributed by atoms with Gasteiger partial charge in [0, 0.05) is 44.0 Å². The number of halogens is 1. The first-order valence-electron chi connectivity index (χ1n) is 7.24. The van der Waals surface area contributed by atoms with E-state index in [2.05, 4.69) is 9.80 Å². The maximum Gasteiger partial charge on any atom is 0.123 e. The van der Waals surface area contributed by atoms with Crippen molar-refractivity contribution in [1.82, 2.24) is 4.90 Å². The standard InChI is InChI=1S/C16H20FN3O/c17-14-1-3-15(4-2-14)20-8-6-19(7-9-20)12-16-13(11-18)5-10-21-16/h1-5,10H,6-9,11-12,18H2. The Morgan fingerprint density at radius 2 is 1.76 bits per heavy atom. The number of hydrogen-bond acceptors (Lipinski definition) is 4. The average Bonchev–Trinajstić information content (AvgIpc) is 2.96. The second-order valence-electron chi connectivity index (χ2n) is 5.31. The molecular weight excluding hydrogens is 269 g/mol. The highest BCUT2D eigenvalue weighted by Gasteiger charge is 2.19. The van der Waals surface area contributed by atoms with Crippen molar-refractivity contribution in [1.29, 1.82) is 0 Å². The van der Waals surface area contributed by atoms with E-state index in [4.69, 9.17) is 10.2 Å². The van der Waals surface area contributed by atoms with Crippen LogP contribution in [0.5, 0.6) is 0 Å². The first-order valence-corrected chi connectivity index (χ1v) is 7.24. The Morgan fingerprint density at radius 3 is 2.43 bits per heavy atom. The van der Waals surface area contributed by atoms with Gasteiger partial charge >= 0.3 is 0 Å². The zero-order valence-electron chi connectivity index (χ0n) is 12.0. The largest absolute Gasteiger partial charge is 0.468 e. The summed E-state index contributed by atoms with van der Waals surface area (Å²) in [7, 11) is 0. The number of benzene rings is 1. The number of hydrogen-bond donors (Lipinski definition) is 1. The van der Waals surface area contributed by atoms with Crippen molar-refractivity contribution in [2.24, 2.45) is 5.73 Å². The highest BCUT2D eigenvalue weighted by Crippen LogP contribution is 2.19. The van der Waals surface area contributed by atoms with Crippen LogP contribution < -0.4 is 10.6 Å². The lowest BCUT2D eigenvalue weighted by atomic mass is 10.2. The molecule has 4 nitrogen and oxygen atoms in total. The van der Waals surface area contributed by atoms with E-state index in [1.54, 1.807) is 6.26 Å². The summed E-state index contributed by atoms with van der Waals surface area (Å²) in [6.45, 7) is 5.11. The molecule has 0 radical (unpaired) electrons. The molecule has 2 heterocycles. The van der Waals surface area contributed by atoms with Gasteiger partial charge in [0.25, 0.3) is 0 Å². The Bertz CT molecular complexity index is 573. The van der Waals surface area contributed by atoms with E-state index < -0.39 is 0 Å². The number of nitrogens with two attached hydrogens (primary N) is 1. The molecule has 5 heteroatoms. The predicted octanol–water partition coefficient (Wildman–Crippen LogP) is 2.20. The number of nitrogens with zero attached hydrogens (tertiary/aromatic N) is 2. The van der Waals surface area contributed by atoms with Gasteiger partial charge in [0.15, 0.2) is 0 Å². The molecule has 3 rings (SSSR count). The molecule has 0 spiro atoms. The van der Waals surface area contributed by atoms with Gasteiger partial charge in [-0.15, -0.1) is 0 Å². The molecule has 0 aliphatic carbocycles. The van der Waals surface area contributed by atoms with Gasteiger partial charge in [0.05, 0.1) is 12.8 Å². The van der Waals surface area contributed by atoms with Crippen molar-refractivity contribution in [3.8, 4) is 0 Å². The molecule has 1 aromatic heterocycles. The molecule has 1 fully saturated rings. The van der Waals surface area contributed by atoms with Crippen LogP contribution in [0.25, 0.3) is 0 Å². The summed E-state index contributed by atoms with van der Waals surface area (Å²) in [5, 5.41) is 0. The van der Waals surface area contributed by atoms with Crippen molar-refractivity contribution in [3.05, 3.63) is 53.7 Å². The fourth-order valence-electron chi connectivity index (χ4n) is 2.71. The van der Waals surface area contributed by atoms with Crippen molar-refractivity contribution >= 4 is 5.69 Å². The Morgan fingerprint density at radius 1 is 1.05 bits per heavy atom. The lowest BCUT2D eigenvalue weighted by molar-refractivity contribution is 0.229. The van der Waals surface area contributed by atoms with Gasteiger partial charge in [-0.05, 0) is 30.3 Å². The van der Waals surface area contributed by atoms with E-state index in [9.17, 15) is 4.39 Å². The van der Waals surface area contributed by atoms with Gasteiger partial charge in [0.2, 0.25) is 0 Å². The molecule has 0 bridgehead atoms. The summed E-state index contributed by atoms with van der Waals surface area (Å²) in [6, 6.07) is 8.63. The smallest absolute Gasteiger partial charge is 0.123 e. The zero-order chi connectivity index (χ0) is 14.7. The molecular formula is C16H20FN3O. The third-order valence-corrected chi connectivity index (χ3v) is 3.99. The number of furan rings is 1. The van der Waals surface area contributed by atoms with E-state index in [0.29, 0.717) is 6.54 Å². The monoisotopic (exact) mass is 289 g/mol. The lowest BCUT2D eigenvalue weighted by Crippen LogP contribution is -2.46. The molecule has 0 unspecified atom stereocenters. The zero-order valence-corrected chi connectivity index (χ0v) is 12.0. The lowest BCUT2D eigenvalue weighted by Gasteiger charge is -2.35. The van der Waals surface area contributed by atoms with Gasteiger partial charge in [-0.2, -0.15) is 0 Å². The summed E-state index contributed by atoms with van der Waals surface area (Å²) in [5.74, 6) is 0.775. The van der Waals surface area contributed by atoms with Crippen LogP contribution in [0.3, 0.4) is 0 Å². The Hall–Kier alpha value is -1.85. The molecule has 2 N–H and O–H groups in total. The van der Waals surface area contributed by atoms with Gasteiger partial charge < -0.3 is 15.1 Å². The molecule has 21 heavy (non-hydrogen) atoms. The van der Waals surface area contributed by atoms with Crippen LogP contribution in [-0.2, 0) is 13.1 Å². The molecule has 1 aliphatic heterocycles. The van der Waals surface area contributed by atoms with Crippen LogP contribution in [0, 0.1) is 5.82 Å². The minimum Gasteiger partial charge on any atom is -0.468 e. The van der Waals surface area contributed by atoms with Crippen LogP contribution in [0.1, 0.15) is 11.3 Å². The first kappa shape index (κ1) is 14.1. The average molecular weight is 289 g/mol. The Labute approximate surface area is 123 Å². The summed E-state index contributed by atoms with van der Waals surface area (Å²) in [5.41, 5.74) is 7.85. The maximum atomic E-state index is 13.0. The molecule has 112 valence electrons. The normalized spacial score (nSPS) is 16.4. The van der Waals surface area contributed by atoms with E-state index >= 15 is 0 Å². The summed E-state index contributed by atoms with van der Waals surface area (Å²) >= 11 is 0. The highest BCUT2D eigenvalue weighted by atomic mass is 19.1. The van der Waals surface area contributed by atoms with Crippen LogP contribution in [0.4, 0.5) is 10.1 Å². The Balaban J connectivity index is 1.56. The van der Waals surface area contributed by atoms with Crippen molar-refractivity contribution in [2.75, 3.05) is 31.1 Å². The SMILES string of the molecule is NCc1ccoc1CN1CCN(c2ccc(F)cc2)CC1. The second kappa shape index (κ2) is 6.28. The molecule has 1 aromatic carbocycles. The van der Waals surface area contributed by atoms with Crippen molar-refractivity contribution in [2.45, 2.75) is 13.1 Å². The second-order valence-corrected chi connectivity index (χ2v) is 5.31. The molecule has 0 amide bonds. The van der Waals surface area contributed by atoms with Crippen LogP contribution in [0.2, 0.25) is 0 Å². The van der Waals surface area contributed by atoms with E-state index in [1.165, 1.54) is 12.1 Å². The van der Waals surface area contributed by atoms with Gasteiger partial charge in [-0.3, -0.25) is 4.90 Å². The summed E-state index contributed by atoms with van der Waals surface area (Å²) in [4.78, 5) is 4.64. The topological polar surface area (TPSA) is 45.6 Å². The number of rotatable bonds is 4. The fraction of sp³-hybridized carbons (Fsp3) is 0.375. The maximum absolute atomic E-state index is 13.0. The van der Waals surface area contributed by atoms with Crippen molar-refractivity contribution in [3.63, 3.8) is 0 Å². The van der Waals surface area contributed by atoms with Crippen molar-refractivity contribution < 1.29 is 8.81 Å². The molecule has 0 atom stereocenters. The van der Waals surface area contributed by atoms with Gasteiger partial charge in [0.1, 0.15) is 11.6 Å². The third-order valence-electron chi connectivity index (χ3n) is 3.99. The van der Waals surface area contributed by atoms with Crippen LogP contribution >= 0.6 is 0 Å². The summed E-state index contributed by atoms with van der Waals surface area (Å²) < 4.78 is 18.5. The quantitative estimate of drug-likeness (QED) is 0.937. The van der Waals surface area contributed by atoms with Crippen LogP contribution in [0.15, 0.2) is 41.0 Å². The third kappa shape index (κ3) is 3.25. The molecule has 0 saturated carbocycles. The first-order chi connectivity index (χ1) is 10.3. The van der Waals surface area contributed by atoms with Gasteiger partial charge in [-0.25, -0.2) is 4.39 Å². The minimum absolute atomic E-state index is 0.190. The van der Waals surface area contributed by atoms with E-state index in [-0.39, 0.29) is 5.82 Å². The van der Waals surface area contributed by atoms with E-state index in [1.807, 2.05) is 18.2 Å². The summed E-state index contributed by atoms with van der Waals surface area (Å²) in [6.07, 6.45) is 1.70. The van der Waals surface area contributed by atoms with Gasteiger partial charge in [-0.1, -0.05) is 0 Å². The number of anilines is 1. The van der Waals surface area contributed by atoms with E-state index in [0.717, 1.165) is 49.7 Å². The highest BCUT2D eigenvalue weighted by molar-refractivity contribution is 5.46. The number of piperazine rings is 1. The Kier molecular flexibility index (Phi) is 4.22. The molecule has 1 saturated heterocycles. The van der Waals surface area contributed by atoms with Crippen LogP contribution in [-0.4, -0.2) is 31.1 Å². The fourth-order valence-corrected chi connectivity index (χ4v) is 2.71.